The van der Waals surface area contributed by atoms with Crippen molar-refractivity contribution in [3.05, 3.63) is 69.8 Å². The van der Waals surface area contributed by atoms with Gasteiger partial charge < -0.3 is 5.32 Å². The summed E-state index contributed by atoms with van der Waals surface area (Å²) in [6, 6.07) is 14.5. The highest BCUT2D eigenvalue weighted by molar-refractivity contribution is 6.17. The summed E-state index contributed by atoms with van der Waals surface area (Å²) in [7, 11) is 0. The molecule has 0 aliphatic carbocycles. The highest BCUT2D eigenvalue weighted by Gasteiger charge is 2.18. The molecule has 0 unspecified atom stereocenters. The van der Waals surface area contributed by atoms with Crippen LogP contribution in [0.2, 0.25) is 0 Å². The minimum atomic E-state index is -0.391. The molecule has 0 saturated heterocycles. The highest BCUT2D eigenvalue weighted by atomic mass is 16.6. The summed E-state index contributed by atoms with van der Waals surface area (Å²) in [6.45, 7) is 0.481. The fourth-order valence-corrected chi connectivity index (χ4v) is 2.13. The molecule has 0 spiro atoms. The van der Waals surface area contributed by atoms with Crippen LogP contribution in [0.15, 0.2) is 53.5 Å². The fraction of sp³-hybridized carbons (Fsp3) is 0.0714. The first-order chi connectivity index (χ1) is 9.25. The molecule has 3 rings (SSSR count). The first kappa shape index (κ1) is 11.4. The largest absolute Gasteiger partial charge is 0.366 e. The standard InChI is InChI=1S/C14H11N3O2/c18-17(19)11-6-7-13-12(8-11)14(16-9-15-13)10-4-2-1-3-5-10/h1-8,15H,9H2. The predicted octanol–water partition coefficient (Wildman–Crippen LogP) is 2.82. The van der Waals surface area contributed by atoms with Gasteiger partial charge >= 0.3 is 0 Å². The zero-order valence-electron chi connectivity index (χ0n) is 10.0. The Morgan fingerprint density at radius 3 is 2.68 bits per heavy atom. The van der Waals surface area contributed by atoms with Gasteiger partial charge in [0.25, 0.3) is 5.69 Å². The van der Waals surface area contributed by atoms with Crippen LogP contribution in [0.5, 0.6) is 0 Å². The minimum absolute atomic E-state index is 0.0751. The molecule has 0 fully saturated rings. The summed E-state index contributed by atoms with van der Waals surface area (Å²) in [5, 5.41) is 14.0. The first-order valence-electron chi connectivity index (χ1n) is 5.88. The lowest BCUT2D eigenvalue weighted by atomic mass is 9.99. The van der Waals surface area contributed by atoms with E-state index in [1.807, 2.05) is 30.3 Å². The van der Waals surface area contributed by atoms with Gasteiger partial charge in [-0.05, 0) is 6.07 Å². The highest BCUT2D eigenvalue weighted by Crippen LogP contribution is 2.27. The number of fused-ring (bicyclic) bond motifs is 1. The summed E-state index contributed by atoms with van der Waals surface area (Å²) in [5.41, 5.74) is 3.47. The van der Waals surface area contributed by atoms with Crippen molar-refractivity contribution in [2.24, 2.45) is 4.99 Å². The van der Waals surface area contributed by atoms with E-state index in [0.717, 1.165) is 22.5 Å². The maximum absolute atomic E-state index is 10.9. The Morgan fingerprint density at radius 2 is 1.95 bits per heavy atom. The van der Waals surface area contributed by atoms with E-state index in [0.29, 0.717) is 6.67 Å². The summed E-state index contributed by atoms with van der Waals surface area (Å²) in [6.07, 6.45) is 0. The summed E-state index contributed by atoms with van der Waals surface area (Å²) >= 11 is 0. The van der Waals surface area contributed by atoms with E-state index >= 15 is 0 Å². The van der Waals surface area contributed by atoms with Crippen LogP contribution in [0.1, 0.15) is 11.1 Å². The van der Waals surface area contributed by atoms with Crippen LogP contribution in [0.25, 0.3) is 0 Å². The number of rotatable bonds is 2. The van der Waals surface area contributed by atoms with Crippen molar-refractivity contribution in [1.82, 2.24) is 0 Å². The SMILES string of the molecule is O=[N+]([O-])c1ccc2c(c1)C(c1ccccc1)=NCN2. The van der Waals surface area contributed by atoms with E-state index < -0.39 is 4.92 Å². The number of hydrogen-bond acceptors (Lipinski definition) is 4. The number of hydrogen-bond donors (Lipinski definition) is 1. The van der Waals surface area contributed by atoms with Gasteiger partial charge in [-0.2, -0.15) is 0 Å². The van der Waals surface area contributed by atoms with Gasteiger partial charge in [-0.25, -0.2) is 0 Å². The molecule has 0 radical (unpaired) electrons. The van der Waals surface area contributed by atoms with Crippen LogP contribution in [-0.4, -0.2) is 17.3 Å². The third-order valence-corrected chi connectivity index (χ3v) is 3.02. The van der Waals surface area contributed by atoms with Crippen molar-refractivity contribution in [1.29, 1.82) is 0 Å². The molecule has 0 bridgehead atoms. The van der Waals surface area contributed by atoms with Gasteiger partial charge in [-0.3, -0.25) is 15.1 Å². The van der Waals surface area contributed by atoms with Gasteiger partial charge in [0.05, 0.1) is 10.6 Å². The average Bonchev–Trinajstić information content (AvgIpc) is 2.47. The molecule has 0 saturated carbocycles. The van der Waals surface area contributed by atoms with E-state index in [9.17, 15) is 10.1 Å². The Kier molecular flexibility index (Phi) is 2.72. The van der Waals surface area contributed by atoms with Crippen LogP contribution in [0.3, 0.4) is 0 Å². The van der Waals surface area contributed by atoms with E-state index in [1.54, 1.807) is 12.1 Å². The quantitative estimate of drug-likeness (QED) is 0.661. The lowest BCUT2D eigenvalue weighted by Crippen LogP contribution is -2.16. The number of non-ortho nitro benzene ring substituents is 1. The van der Waals surface area contributed by atoms with E-state index in [2.05, 4.69) is 10.3 Å². The number of nitrogens with zero attached hydrogens (tertiary/aromatic N) is 2. The second-order valence-corrected chi connectivity index (χ2v) is 4.19. The predicted molar refractivity (Wildman–Crippen MR) is 73.7 cm³/mol. The molecule has 2 aromatic carbocycles. The zero-order valence-corrected chi connectivity index (χ0v) is 10.0. The molecule has 0 amide bonds. The molecule has 2 aromatic rings. The molecule has 5 heteroatoms. The molecule has 94 valence electrons. The number of nitro groups is 1. The van der Waals surface area contributed by atoms with Crippen LogP contribution < -0.4 is 5.32 Å². The van der Waals surface area contributed by atoms with Crippen molar-refractivity contribution < 1.29 is 4.92 Å². The molecule has 0 aromatic heterocycles. The maximum atomic E-state index is 10.9. The third kappa shape index (κ3) is 2.06. The maximum Gasteiger partial charge on any atom is 0.270 e. The van der Waals surface area contributed by atoms with Crippen LogP contribution in [0, 0.1) is 10.1 Å². The topological polar surface area (TPSA) is 67.5 Å². The Hall–Kier alpha value is -2.69. The second kappa shape index (κ2) is 4.53. The number of anilines is 1. The Labute approximate surface area is 109 Å². The van der Waals surface area contributed by atoms with Crippen LogP contribution >= 0.6 is 0 Å². The lowest BCUT2D eigenvalue weighted by Gasteiger charge is -2.18. The third-order valence-electron chi connectivity index (χ3n) is 3.02. The first-order valence-corrected chi connectivity index (χ1v) is 5.88. The van der Waals surface area contributed by atoms with Crippen LogP contribution in [-0.2, 0) is 0 Å². The monoisotopic (exact) mass is 253 g/mol. The van der Waals surface area contributed by atoms with E-state index in [1.165, 1.54) is 6.07 Å². The van der Waals surface area contributed by atoms with Gasteiger partial charge in [-0.15, -0.1) is 0 Å². The Bertz CT molecular complexity index is 666. The smallest absolute Gasteiger partial charge is 0.270 e. The normalized spacial score (nSPS) is 13.2. The molecule has 1 heterocycles. The number of nitrogens with one attached hydrogen (secondary N) is 1. The summed E-state index contributed by atoms with van der Waals surface area (Å²) in [5.74, 6) is 0. The Balaban J connectivity index is 2.13. The second-order valence-electron chi connectivity index (χ2n) is 4.19. The van der Waals surface area contributed by atoms with Gasteiger partial charge in [0.1, 0.15) is 6.67 Å². The van der Waals surface area contributed by atoms with Gasteiger partial charge in [0.2, 0.25) is 0 Å². The lowest BCUT2D eigenvalue weighted by molar-refractivity contribution is -0.384. The van der Waals surface area contributed by atoms with Gasteiger partial charge in [0, 0.05) is 28.9 Å². The fourth-order valence-electron chi connectivity index (χ4n) is 2.13. The number of benzene rings is 2. The van der Waals surface area contributed by atoms with Crippen LogP contribution in [0.4, 0.5) is 11.4 Å². The van der Waals surface area contributed by atoms with Crippen molar-refractivity contribution in [3.63, 3.8) is 0 Å². The molecular formula is C14H11N3O2. The molecule has 0 atom stereocenters. The van der Waals surface area contributed by atoms with Gasteiger partial charge in [0.15, 0.2) is 0 Å². The van der Waals surface area contributed by atoms with Crippen molar-refractivity contribution in [2.75, 3.05) is 12.0 Å². The van der Waals surface area contributed by atoms with E-state index in [-0.39, 0.29) is 5.69 Å². The van der Waals surface area contributed by atoms with Crippen molar-refractivity contribution in [2.45, 2.75) is 0 Å². The van der Waals surface area contributed by atoms with E-state index in [4.69, 9.17) is 0 Å². The number of aliphatic imine (C=N–C) groups is 1. The number of nitro benzene ring substituents is 1. The van der Waals surface area contributed by atoms with Crippen molar-refractivity contribution >= 4 is 17.1 Å². The molecule has 19 heavy (non-hydrogen) atoms. The Morgan fingerprint density at radius 1 is 1.16 bits per heavy atom. The molecule has 1 N–H and O–H groups in total. The average molecular weight is 253 g/mol. The van der Waals surface area contributed by atoms with Gasteiger partial charge in [-0.1, -0.05) is 30.3 Å². The molecule has 1 aliphatic rings. The summed E-state index contributed by atoms with van der Waals surface area (Å²) in [4.78, 5) is 14.9. The molecular weight excluding hydrogens is 242 g/mol. The zero-order chi connectivity index (χ0) is 13.2. The molecule has 5 nitrogen and oxygen atoms in total. The van der Waals surface area contributed by atoms with Crippen molar-refractivity contribution in [3.8, 4) is 0 Å². The minimum Gasteiger partial charge on any atom is -0.366 e. The summed E-state index contributed by atoms with van der Waals surface area (Å²) < 4.78 is 0. The molecule has 1 aliphatic heterocycles.